The fourth-order valence-corrected chi connectivity index (χ4v) is 7.68. The Balaban J connectivity index is 0.000000140. The molecule has 9 aromatic rings. The van der Waals surface area contributed by atoms with Gasteiger partial charge in [0.25, 0.3) is 11.4 Å². The van der Waals surface area contributed by atoms with E-state index in [0.29, 0.717) is 11.1 Å². The van der Waals surface area contributed by atoms with Crippen molar-refractivity contribution in [1.82, 2.24) is 4.57 Å². The molecule has 0 N–H and O–H groups in total. The monoisotopic (exact) mass is 859 g/mol. The van der Waals surface area contributed by atoms with Crippen LogP contribution in [-0.2, 0) is 6.42 Å². The Morgan fingerprint density at radius 1 is 0.475 bits per heavy atom. The van der Waals surface area contributed by atoms with Gasteiger partial charge in [-0.25, -0.2) is 0 Å². The quantitative estimate of drug-likeness (QED) is 0.118. The van der Waals surface area contributed by atoms with Gasteiger partial charge < -0.3 is 4.57 Å². The number of para-hydroxylation sites is 2. The van der Waals surface area contributed by atoms with Crippen LogP contribution in [-0.4, -0.2) is 14.4 Å². The van der Waals surface area contributed by atoms with Crippen molar-refractivity contribution in [2.24, 2.45) is 0 Å². The van der Waals surface area contributed by atoms with E-state index in [2.05, 4.69) is 124 Å². The zero-order chi connectivity index (χ0) is 42.1. The number of nitro groups is 2. The third kappa shape index (κ3) is 9.31. The fraction of sp³-hybridized carbons (Fsp3) is 0.0189. The highest BCUT2D eigenvalue weighted by Gasteiger charge is 2.17. The van der Waals surface area contributed by atoms with Gasteiger partial charge >= 0.3 is 0 Å². The van der Waals surface area contributed by atoms with Crippen LogP contribution in [0.1, 0.15) is 11.1 Å². The van der Waals surface area contributed by atoms with Gasteiger partial charge in [0, 0.05) is 28.5 Å². The Morgan fingerprint density at radius 2 is 0.951 bits per heavy atom. The van der Waals surface area contributed by atoms with E-state index in [1.54, 1.807) is 36.4 Å². The second kappa shape index (κ2) is 18.5. The standard InChI is InChI=1S/C26H18N2O2.C15H11NO2.C12H9Br/c29-28(30)25-9-5-4-8-24(25)22-11-10-21-16-17-27(26(21)18-22)23-14-12-20(13-15-23)19-6-2-1-3-7-19;17-16(18)15-7-2-1-6-14(15)13-9-8-11-4-3-5-12(11)10-13;13-12-8-6-11(7-9-12)10-4-2-1-3-5-10/h1-18H;1-4,6-10H,5H2;1-9H. The highest BCUT2D eigenvalue weighted by molar-refractivity contribution is 9.10. The van der Waals surface area contributed by atoms with Gasteiger partial charge in [0.15, 0.2) is 0 Å². The number of benzene rings is 8. The number of aromatic nitrogens is 1. The average molecular weight is 861 g/mol. The highest BCUT2D eigenvalue weighted by Crippen LogP contribution is 2.34. The third-order valence-corrected chi connectivity index (χ3v) is 11.0. The van der Waals surface area contributed by atoms with Gasteiger partial charge in [-0.05, 0) is 111 Å². The Morgan fingerprint density at radius 3 is 1.52 bits per heavy atom. The van der Waals surface area contributed by atoms with Gasteiger partial charge in [0.1, 0.15) is 0 Å². The molecular formula is C53H38BrN3O4. The minimum Gasteiger partial charge on any atom is -0.317 e. The normalized spacial score (nSPS) is 11.2. The first-order valence-electron chi connectivity index (χ1n) is 19.7. The number of nitrogens with zero attached hydrogens (tertiary/aromatic N) is 3. The van der Waals surface area contributed by atoms with Crippen molar-refractivity contribution in [1.29, 1.82) is 0 Å². The molecule has 296 valence electrons. The molecule has 0 atom stereocenters. The molecule has 0 radical (unpaired) electrons. The van der Waals surface area contributed by atoms with Crippen molar-refractivity contribution in [2.75, 3.05) is 0 Å². The summed E-state index contributed by atoms with van der Waals surface area (Å²) in [4.78, 5) is 21.8. The van der Waals surface area contributed by atoms with Crippen LogP contribution in [0.15, 0.2) is 217 Å². The summed E-state index contributed by atoms with van der Waals surface area (Å²) in [5.41, 5.74) is 12.7. The summed E-state index contributed by atoms with van der Waals surface area (Å²) in [6.07, 6.45) is 7.13. The summed E-state index contributed by atoms with van der Waals surface area (Å²) in [5, 5.41) is 23.6. The first-order chi connectivity index (χ1) is 29.8. The SMILES string of the molecule is Brc1ccc(-c2ccccc2)cc1.O=[N+]([O-])c1ccccc1-c1ccc2c(c1)CC=C2.O=[N+]([O-])c1ccccc1-c1ccc2ccn(-c3ccc(-c4ccccc4)cc3)c2c1. The number of nitro benzene ring substituents is 2. The molecule has 1 aliphatic carbocycles. The first-order valence-corrected chi connectivity index (χ1v) is 20.5. The highest BCUT2D eigenvalue weighted by atomic mass is 79.9. The molecule has 0 saturated carbocycles. The van der Waals surface area contributed by atoms with Gasteiger partial charge in [-0.2, -0.15) is 0 Å². The fourth-order valence-electron chi connectivity index (χ4n) is 7.42. The molecule has 0 bridgehead atoms. The molecule has 1 aromatic heterocycles. The number of fused-ring (bicyclic) bond motifs is 2. The molecule has 1 heterocycles. The molecule has 0 saturated heterocycles. The van der Waals surface area contributed by atoms with Crippen LogP contribution in [0, 0.1) is 20.2 Å². The summed E-state index contributed by atoms with van der Waals surface area (Å²) in [5.74, 6) is 0. The van der Waals surface area contributed by atoms with Crippen LogP contribution in [0.2, 0.25) is 0 Å². The van der Waals surface area contributed by atoms with E-state index in [1.165, 1.54) is 27.8 Å². The van der Waals surface area contributed by atoms with Gasteiger partial charge in [0.05, 0.1) is 26.5 Å². The zero-order valence-electron chi connectivity index (χ0n) is 32.8. The van der Waals surface area contributed by atoms with Crippen molar-refractivity contribution in [3.63, 3.8) is 0 Å². The minimum absolute atomic E-state index is 0.113. The lowest BCUT2D eigenvalue weighted by molar-refractivity contribution is -0.384. The number of rotatable bonds is 7. The van der Waals surface area contributed by atoms with Crippen LogP contribution in [0.25, 0.3) is 67.2 Å². The van der Waals surface area contributed by atoms with E-state index >= 15 is 0 Å². The van der Waals surface area contributed by atoms with Crippen LogP contribution < -0.4 is 0 Å². The van der Waals surface area contributed by atoms with Crippen molar-refractivity contribution in [3.05, 3.63) is 248 Å². The molecule has 0 fully saturated rings. The van der Waals surface area contributed by atoms with E-state index in [1.807, 2.05) is 79.0 Å². The third-order valence-electron chi connectivity index (χ3n) is 10.5. The van der Waals surface area contributed by atoms with Gasteiger partial charge in [-0.1, -0.05) is 162 Å². The molecular weight excluding hydrogens is 823 g/mol. The molecule has 0 aliphatic heterocycles. The predicted molar refractivity (Wildman–Crippen MR) is 252 cm³/mol. The van der Waals surface area contributed by atoms with Crippen LogP contribution in [0.3, 0.4) is 0 Å². The number of hydrogen-bond acceptors (Lipinski definition) is 4. The lowest BCUT2D eigenvalue weighted by atomic mass is 9.99. The van der Waals surface area contributed by atoms with Crippen molar-refractivity contribution in [2.45, 2.75) is 6.42 Å². The first kappa shape index (κ1) is 40.1. The number of hydrogen-bond donors (Lipinski definition) is 0. The maximum atomic E-state index is 11.4. The van der Waals surface area contributed by atoms with Crippen LogP contribution in [0.5, 0.6) is 0 Å². The molecule has 0 spiro atoms. The van der Waals surface area contributed by atoms with Crippen molar-refractivity contribution in [3.8, 4) is 50.2 Å². The lowest BCUT2D eigenvalue weighted by Crippen LogP contribution is -1.94. The van der Waals surface area contributed by atoms with Crippen LogP contribution in [0.4, 0.5) is 11.4 Å². The summed E-state index contributed by atoms with van der Waals surface area (Å²) in [6, 6.07) is 65.1. The number of halogens is 1. The smallest absolute Gasteiger partial charge is 0.277 e. The predicted octanol–water partition coefficient (Wildman–Crippen LogP) is 14.8. The summed E-state index contributed by atoms with van der Waals surface area (Å²) >= 11 is 3.42. The lowest BCUT2D eigenvalue weighted by Gasteiger charge is -2.09. The van der Waals surface area contributed by atoms with E-state index in [-0.39, 0.29) is 21.2 Å². The number of allylic oxidation sites excluding steroid dienone is 1. The summed E-state index contributed by atoms with van der Waals surface area (Å²) < 4.78 is 3.23. The Kier molecular flexibility index (Phi) is 12.2. The second-order valence-corrected chi connectivity index (χ2v) is 15.2. The topological polar surface area (TPSA) is 91.2 Å². The largest absolute Gasteiger partial charge is 0.317 e. The van der Waals surface area contributed by atoms with E-state index in [0.717, 1.165) is 44.2 Å². The maximum Gasteiger partial charge on any atom is 0.277 e. The van der Waals surface area contributed by atoms with Crippen LogP contribution >= 0.6 is 15.9 Å². The van der Waals surface area contributed by atoms with Gasteiger partial charge in [0.2, 0.25) is 0 Å². The zero-order valence-corrected chi connectivity index (χ0v) is 34.4. The van der Waals surface area contributed by atoms with Gasteiger partial charge in [-0.3, -0.25) is 20.2 Å². The Hall–Kier alpha value is -7.68. The molecule has 7 nitrogen and oxygen atoms in total. The Bertz CT molecular complexity index is 3000. The average Bonchev–Trinajstić information content (AvgIpc) is 3.97. The molecule has 1 aliphatic rings. The molecule has 61 heavy (non-hydrogen) atoms. The maximum absolute atomic E-state index is 11.4. The minimum atomic E-state index is -0.333. The van der Waals surface area contributed by atoms with E-state index in [4.69, 9.17) is 0 Å². The summed E-state index contributed by atoms with van der Waals surface area (Å²) in [6.45, 7) is 0. The molecule has 8 heteroatoms. The molecule has 0 unspecified atom stereocenters. The molecule has 10 rings (SSSR count). The second-order valence-electron chi connectivity index (χ2n) is 14.3. The van der Waals surface area contributed by atoms with Crippen molar-refractivity contribution < 1.29 is 9.85 Å². The summed E-state index contributed by atoms with van der Waals surface area (Å²) in [7, 11) is 0. The van der Waals surface area contributed by atoms with E-state index in [9.17, 15) is 20.2 Å². The Labute approximate surface area is 362 Å². The van der Waals surface area contributed by atoms with E-state index < -0.39 is 0 Å². The molecule has 8 aromatic carbocycles. The molecule has 0 amide bonds. The van der Waals surface area contributed by atoms with Gasteiger partial charge in [-0.15, -0.1) is 0 Å². The van der Waals surface area contributed by atoms with Crippen molar-refractivity contribution >= 4 is 44.3 Å².